The number of hydrogen-bond donors (Lipinski definition) is 2. The Morgan fingerprint density at radius 1 is 1.19 bits per heavy atom. The molecule has 11 heteroatoms. The van der Waals surface area contributed by atoms with E-state index in [4.69, 9.17) is 4.74 Å². The Morgan fingerprint density at radius 3 is 2.39 bits per heavy atom. The van der Waals surface area contributed by atoms with Gasteiger partial charge in [0.25, 0.3) is 10.0 Å². The highest BCUT2D eigenvalue weighted by Gasteiger charge is 2.44. The van der Waals surface area contributed by atoms with Gasteiger partial charge in [0.05, 0.1) is 25.5 Å². The minimum absolute atomic E-state index is 0.153. The average molecular weight is 525 g/mol. The molecule has 2 N–H and O–H groups in total. The molecule has 0 aromatic carbocycles. The third-order valence-electron chi connectivity index (χ3n) is 7.38. The summed E-state index contributed by atoms with van der Waals surface area (Å²) in [6, 6.07) is 2.12. The average Bonchev–Trinajstić information content (AvgIpc) is 3.22. The molecule has 3 aliphatic rings. The van der Waals surface area contributed by atoms with Gasteiger partial charge >= 0.3 is 0 Å². The lowest BCUT2D eigenvalue weighted by atomic mass is 9.86. The molecule has 0 aromatic rings. The van der Waals surface area contributed by atoms with Gasteiger partial charge < -0.3 is 20.3 Å². The van der Waals surface area contributed by atoms with Gasteiger partial charge in [-0.05, 0) is 49.9 Å². The number of carbonyl (C=O) groups is 1. The first-order valence-electron chi connectivity index (χ1n) is 13.2. The van der Waals surface area contributed by atoms with Crippen LogP contribution in [0.25, 0.3) is 0 Å². The predicted octanol–water partition coefficient (Wildman–Crippen LogP) is 1.69. The van der Waals surface area contributed by atoms with Crippen molar-refractivity contribution in [2.45, 2.75) is 83.8 Å². The molecule has 2 unspecified atom stereocenters. The Balaban J connectivity index is 1.77. The van der Waals surface area contributed by atoms with Crippen LogP contribution in [0.4, 0.5) is 0 Å². The lowest BCUT2D eigenvalue weighted by Gasteiger charge is -2.36. The zero-order chi connectivity index (χ0) is 26.6. The maximum Gasteiger partial charge on any atom is 0.253 e. The Morgan fingerprint density at radius 2 is 1.83 bits per heavy atom. The normalized spacial score (nSPS) is 29.4. The van der Waals surface area contributed by atoms with Crippen molar-refractivity contribution in [3.8, 4) is 6.07 Å². The van der Waals surface area contributed by atoms with Gasteiger partial charge in [0, 0.05) is 32.2 Å². The van der Waals surface area contributed by atoms with E-state index < -0.39 is 21.6 Å². The van der Waals surface area contributed by atoms with Crippen molar-refractivity contribution >= 4 is 21.9 Å². The van der Waals surface area contributed by atoms with Crippen molar-refractivity contribution in [1.29, 1.82) is 5.26 Å². The second-order valence-corrected chi connectivity index (χ2v) is 13.7. The summed E-state index contributed by atoms with van der Waals surface area (Å²) in [5.41, 5.74) is -1.18. The van der Waals surface area contributed by atoms with Crippen LogP contribution in [0.1, 0.15) is 66.2 Å². The van der Waals surface area contributed by atoms with Gasteiger partial charge in [-0.3, -0.25) is 9.69 Å². The minimum Gasteiger partial charge on any atom is -0.378 e. The molecule has 0 spiro atoms. The maximum atomic E-state index is 13.7. The Kier molecular flexibility index (Phi) is 9.28. The molecular formula is C25H44N6O4S. The largest absolute Gasteiger partial charge is 0.378 e. The van der Waals surface area contributed by atoms with E-state index in [9.17, 15) is 18.5 Å². The first kappa shape index (κ1) is 28.7. The van der Waals surface area contributed by atoms with E-state index in [1.54, 1.807) is 4.90 Å². The number of amides is 1. The Bertz CT molecular complexity index is 943. The van der Waals surface area contributed by atoms with E-state index in [1.165, 1.54) is 12.8 Å². The number of guanidine groups is 1. The molecule has 36 heavy (non-hydrogen) atoms. The van der Waals surface area contributed by atoms with Crippen molar-refractivity contribution in [2.75, 3.05) is 45.6 Å². The molecule has 10 nitrogen and oxygen atoms in total. The van der Waals surface area contributed by atoms with E-state index >= 15 is 0 Å². The predicted molar refractivity (Wildman–Crippen MR) is 140 cm³/mol. The van der Waals surface area contributed by atoms with Crippen molar-refractivity contribution in [3.63, 3.8) is 0 Å². The molecule has 2 aliphatic heterocycles. The van der Waals surface area contributed by atoms with Gasteiger partial charge in [0.2, 0.25) is 11.9 Å². The second kappa shape index (κ2) is 11.7. The number of carbonyl (C=O) groups excluding carboxylic acids is 1. The molecule has 2 heterocycles. The quantitative estimate of drug-likeness (QED) is 0.397. The van der Waals surface area contributed by atoms with Crippen LogP contribution in [-0.2, 0) is 19.6 Å². The maximum absolute atomic E-state index is 13.7. The highest BCUT2D eigenvalue weighted by molar-refractivity contribution is 7.89. The number of rotatable bonds is 6. The number of ether oxygens (including phenoxy) is 1. The second-order valence-electron chi connectivity index (χ2n) is 12.0. The van der Waals surface area contributed by atoms with Crippen LogP contribution in [0.3, 0.4) is 0 Å². The van der Waals surface area contributed by atoms with Gasteiger partial charge in [-0.25, -0.2) is 8.42 Å². The summed E-state index contributed by atoms with van der Waals surface area (Å²) in [6.45, 7) is 11.5. The van der Waals surface area contributed by atoms with E-state index in [1.807, 2.05) is 20.8 Å². The summed E-state index contributed by atoms with van der Waals surface area (Å²) in [7, 11) is -3.70. The van der Waals surface area contributed by atoms with Gasteiger partial charge in [-0.1, -0.05) is 27.7 Å². The summed E-state index contributed by atoms with van der Waals surface area (Å²) >= 11 is 0. The number of sulfonamides is 1. The standard InChI is InChI=1S/C25H44N6O4S/c1-19-6-8-20(9-7-19)31-11-10-25(17-26,18-31)28-22(32)21(16-24(2,3)4)27-23(29-36(5,33)34)30-12-14-35-15-13-30/h19-21H,6-16,18H2,1-5H3,(H,27,29)(H,28,32). The van der Waals surface area contributed by atoms with Gasteiger partial charge in [-0.2, -0.15) is 5.26 Å². The molecule has 1 saturated carbocycles. The van der Waals surface area contributed by atoms with Crippen LogP contribution in [0.15, 0.2) is 4.40 Å². The summed E-state index contributed by atoms with van der Waals surface area (Å²) in [6.07, 6.45) is 6.74. The number of likely N-dealkylation sites (tertiary alicyclic amines) is 1. The SMILES string of the molecule is CC1CCC(N2CCC(C#N)(NC(=O)C(CC(C)(C)C)NC(=NS(C)(=O)=O)N3CCOCC3)C2)CC1. The van der Waals surface area contributed by atoms with Crippen LogP contribution >= 0.6 is 0 Å². The highest BCUT2D eigenvalue weighted by atomic mass is 32.2. The highest BCUT2D eigenvalue weighted by Crippen LogP contribution is 2.32. The molecule has 0 radical (unpaired) electrons. The molecule has 1 amide bonds. The van der Waals surface area contributed by atoms with E-state index in [-0.39, 0.29) is 17.3 Å². The van der Waals surface area contributed by atoms with Crippen LogP contribution in [0, 0.1) is 22.7 Å². The molecule has 3 fully saturated rings. The van der Waals surface area contributed by atoms with Crippen LogP contribution < -0.4 is 10.6 Å². The molecule has 0 aromatic heterocycles. The van der Waals surface area contributed by atoms with E-state index in [0.29, 0.717) is 51.7 Å². The molecule has 1 aliphatic carbocycles. The van der Waals surface area contributed by atoms with Crippen LogP contribution in [-0.4, -0.2) is 93.4 Å². The number of nitrogens with one attached hydrogen (secondary N) is 2. The summed E-state index contributed by atoms with van der Waals surface area (Å²) in [5, 5.41) is 16.3. The minimum atomic E-state index is -3.70. The fourth-order valence-corrected chi connectivity index (χ4v) is 5.87. The number of morpholine rings is 1. The molecule has 0 bridgehead atoms. The third-order valence-corrected chi connectivity index (χ3v) is 7.88. The molecule has 2 atom stereocenters. The lowest BCUT2D eigenvalue weighted by molar-refractivity contribution is -0.124. The molecular weight excluding hydrogens is 480 g/mol. The molecule has 2 saturated heterocycles. The van der Waals surface area contributed by atoms with Gasteiger partial charge in [0.1, 0.15) is 11.6 Å². The van der Waals surface area contributed by atoms with Crippen molar-refractivity contribution in [1.82, 2.24) is 20.4 Å². The molecule has 204 valence electrons. The fraction of sp³-hybridized carbons (Fsp3) is 0.880. The zero-order valence-corrected chi connectivity index (χ0v) is 23.4. The summed E-state index contributed by atoms with van der Waals surface area (Å²) in [5.74, 6) is 0.600. The summed E-state index contributed by atoms with van der Waals surface area (Å²) < 4.78 is 33.5. The Hall–Kier alpha value is -1.90. The monoisotopic (exact) mass is 524 g/mol. The summed E-state index contributed by atoms with van der Waals surface area (Å²) in [4.78, 5) is 17.8. The van der Waals surface area contributed by atoms with Crippen molar-refractivity contribution in [3.05, 3.63) is 0 Å². The Labute approximate surface area is 216 Å². The lowest BCUT2D eigenvalue weighted by Crippen LogP contribution is -2.59. The fourth-order valence-electron chi connectivity index (χ4n) is 5.39. The van der Waals surface area contributed by atoms with Crippen LogP contribution in [0.5, 0.6) is 0 Å². The topological polar surface area (TPSA) is 127 Å². The van der Waals surface area contributed by atoms with Gasteiger partial charge in [-0.15, -0.1) is 4.40 Å². The van der Waals surface area contributed by atoms with E-state index in [0.717, 1.165) is 31.6 Å². The van der Waals surface area contributed by atoms with Crippen LogP contribution in [0.2, 0.25) is 0 Å². The number of nitrogens with zero attached hydrogens (tertiary/aromatic N) is 4. The zero-order valence-electron chi connectivity index (χ0n) is 22.5. The smallest absolute Gasteiger partial charge is 0.253 e. The van der Waals surface area contributed by atoms with Crippen molar-refractivity contribution < 1.29 is 17.9 Å². The number of hydrogen-bond acceptors (Lipinski definition) is 6. The van der Waals surface area contributed by atoms with E-state index in [2.05, 4.69) is 32.9 Å². The van der Waals surface area contributed by atoms with Gasteiger partial charge in [0.15, 0.2) is 0 Å². The third kappa shape index (κ3) is 8.32. The van der Waals surface area contributed by atoms with Crippen molar-refractivity contribution in [2.24, 2.45) is 15.7 Å². The first-order valence-corrected chi connectivity index (χ1v) is 15.0. The number of nitriles is 1. The first-order chi connectivity index (χ1) is 16.8. The molecule has 3 rings (SSSR count).